The number of rotatable bonds is 14. The van der Waals surface area contributed by atoms with Gasteiger partial charge in [0.15, 0.2) is 0 Å². The van der Waals surface area contributed by atoms with Crippen LogP contribution >= 0.6 is 0 Å². The molecule has 3 amide bonds. The van der Waals surface area contributed by atoms with E-state index in [1.165, 1.54) is 12.0 Å². The van der Waals surface area contributed by atoms with Gasteiger partial charge in [0.2, 0.25) is 17.8 Å². The average Bonchev–Trinajstić information content (AvgIpc) is 3.51. The number of primary amides is 1. The quantitative estimate of drug-likeness (QED) is 0.288. The summed E-state index contributed by atoms with van der Waals surface area (Å²) in [5, 5.41) is 4.02. The molecule has 2 aromatic heterocycles. The Kier molecular flexibility index (Phi) is 9.54. The molecule has 3 heterocycles. The van der Waals surface area contributed by atoms with Crippen LogP contribution in [0.1, 0.15) is 35.3 Å². The van der Waals surface area contributed by atoms with Crippen LogP contribution in [-0.2, 0) is 20.9 Å². The summed E-state index contributed by atoms with van der Waals surface area (Å²) in [6, 6.07) is 11.6. The van der Waals surface area contributed by atoms with Gasteiger partial charge in [0.05, 0.1) is 18.5 Å². The number of methoxy groups -OCH3 is 1. The third-order valence-corrected chi connectivity index (χ3v) is 6.82. The molecule has 3 N–H and O–H groups in total. The summed E-state index contributed by atoms with van der Waals surface area (Å²) < 4.78 is 7.02. The molecule has 12 nitrogen and oxygen atoms in total. The van der Waals surface area contributed by atoms with Crippen molar-refractivity contribution >= 4 is 40.5 Å². The zero-order valence-electron chi connectivity index (χ0n) is 23.4. The Balaban J connectivity index is 1.71. The van der Waals surface area contributed by atoms with Crippen LogP contribution in [0.5, 0.6) is 0 Å². The maximum Gasteiger partial charge on any atom is 0.271 e. The summed E-state index contributed by atoms with van der Waals surface area (Å²) in [6.07, 6.45) is 2.31. The molecule has 1 saturated heterocycles. The molecule has 1 aliphatic rings. The van der Waals surface area contributed by atoms with Crippen molar-refractivity contribution in [2.24, 2.45) is 5.73 Å². The first-order valence-corrected chi connectivity index (χ1v) is 13.5. The number of hydrogen-bond donors (Lipinski definition) is 2. The number of ether oxygens (including phenoxy) is 1. The molecule has 1 aromatic carbocycles. The van der Waals surface area contributed by atoms with Crippen molar-refractivity contribution in [1.82, 2.24) is 24.3 Å². The molecule has 0 bridgehead atoms. The Hall–Kier alpha value is -4.19. The van der Waals surface area contributed by atoms with E-state index in [1.807, 2.05) is 58.8 Å². The highest BCUT2D eigenvalue weighted by atomic mass is 16.5. The van der Waals surface area contributed by atoms with Crippen LogP contribution < -0.4 is 16.0 Å². The van der Waals surface area contributed by atoms with Crippen molar-refractivity contribution in [1.29, 1.82) is 0 Å². The summed E-state index contributed by atoms with van der Waals surface area (Å²) in [4.78, 5) is 52.3. The number of nitrogens with zero attached hydrogens (tertiary/aromatic N) is 6. The summed E-state index contributed by atoms with van der Waals surface area (Å²) in [5.41, 5.74) is 7.42. The molecule has 0 saturated carbocycles. The number of aromatic nitrogens is 3. The van der Waals surface area contributed by atoms with Gasteiger partial charge in [-0.2, -0.15) is 9.97 Å². The maximum atomic E-state index is 13.8. The minimum atomic E-state index is -0.605. The SMILES string of the molecule is COCCN(CC(N)=O)C(=O)c1cc2c(N(C)C)nc(NCCCN3CCCC3=O)nc2n1Cc1ccccc1. The Morgan fingerprint density at radius 2 is 1.95 bits per heavy atom. The summed E-state index contributed by atoms with van der Waals surface area (Å²) in [5.74, 6) is 0.342. The Bertz CT molecular complexity index is 1340. The molecule has 0 spiro atoms. The van der Waals surface area contributed by atoms with Gasteiger partial charge in [0.1, 0.15) is 17.2 Å². The first kappa shape index (κ1) is 28.8. The largest absolute Gasteiger partial charge is 0.383 e. The maximum absolute atomic E-state index is 13.8. The molecule has 4 rings (SSSR count). The van der Waals surface area contributed by atoms with Crippen molar-refractivity contribution in [3.8, 4) is 0 Å². The van der Waals surface area contributed by atoms with Gasteiger partial charge in [-0.1, -0.05) is 30.3 Å². The third kappa shape index (κ3) is 6.87. The zero-order valence-corrected chi connectivity index (χ0v) is 23.4. The summed E-state index contributed by atoms with van der Waals surface area (Å²) in [7, 11) is 5.31. The summed E-state index contributed by atoms with van der Waals surface area (Å²) >= 11 is 0. The number of amides is 3. The molecule has 0 radical (unpaired) electrons. The van der Waals surface area contributed by atoms with Crippen LogP contribution in [0.25, 0.3) is 11.0 Å². The molecule has 0 atom stereocenters. The van der Waals surface area contributed by atoms with E-state index in [0.29, 0.717) is 54.5 Å². The predicted octanol–water partition coefficient (Wildman–Crippen LogP) is 1.54. The van der Waals surface area contributed by atoms with E-state index in [0.717, 1.165) is 24.9 Å². The van der Waals surface area contributed by atoms with E-state index in [1.54, 1.807) is 6.07 Å². The van der Waals surface area contributed by atoms with Crippen LogP contribution in [0.4, 0.5) is 11.8 Å². The Labute approximate surface area is 234 Å². The second-order valence-electron chi connectivity index (χ2n) is 10.1. The number of benzene rings is 1. The van der Waals surface area contributed by atoms with Gasteiger partial charge in [0.25, 0.3) is 5.91 Å². The van der Waals surface area contributed by atoms with Crippen molar-refractivity contribution in [3.63, 3.8) is 0 Å². The number of hydrogen-bond acceptors (Lipinski definition) is 8. The normalized spacial score (nSPS) is 13.2. The zero-order chi connectivity index (χ0) is 28.6. The monoisotopic (exact) mass is 550 g/mol. The Morgan fingerprint density at radius 1 is 1.18 bits per heavy atom. The fourth-order valence-corrected chi connectivity index (χ4v) is 4.85. The van der Waals surface area contributed by atoms with E-state index in [9.17, 15) is 14.4 Å². The van der Waals surface area contributed by atoms with Gasteiger partial charge in [-0.05, 0) is 24.5 Å². The number of fused-ring (bicyclic) bond motifs is 1. The predicted molar refractivity (Wildman–Crippen MR) is 153 cm³/mol. The molecular formula is C28H38N8O4. The van der Waals surface area contributed by atoms with Crippen molar-refractivity contribution in [2.75, 3.05) is 70.8 Å². The van der Waals surface area contributed by atoms with Crippen LogP contribution in [-0.4, -0.2) is 103 Å². The highest BCUT2D eigenvalue weighted by molar-refractivity contribution is 6.02. The molecule has 1 fully saturated rings. The minimum Gasteiger partial charge on any atom is -0.383 e. The lowest BCUT2D eigenvalue weighted by Crippen LogP contribution is -2.41. The fraction of sp³-hybridized carbons (Fsp3) is 0.464. The van der Waals surface area contributed by atoms with Gasteiger partial charge >= 0.3 is 0 Å². The van der Waals surface area contributed by atoms with Crippen molar-refractivity contribution in [3.05, 3.63) is 47.7 Å². The van der Waals surface area contributed by atoms with Gasteiger partial charge < -0.3 is 35.1 Å². The molecule has 0 aliphatic carbocycles. The van der Waals surface area contributed by atoms with Crippen LogP contribution in [0.2, 0.25) is 0 Å². The first-order chi connectivity index (χ1) is 19.3. The standard InChI is InChI=1S/C28H38N8O4/c1-33(2)25-21-17-22(27(39)35(15-16-40-3)19-23(29)37)36(18-20-9-5-4-6-10-20)26(21)32-28(31-25)30-12-8-14-34-13-7-11-24(34)38/h4-6,9-10,17H,7-8,11-16,18-19H2,1-3H3,(H2,29,37)(H,30,31,32). The molecule has 40 heavy (non-hydrogen) atoms. The van der Waals surface area contributed by atoms with E-state index >= 15 is 0 Å². The van der Waals surface area contributed by atoms with Crippen LogP contribution in [0.15, 0.2) is 36.4 Å². The van der Waals surface area contributed by atoms with Gasteiger partial charge in [0, 0.05) is 60.3 Å². The lowest BCUT2D eigenvalue weighted by atomic mass is 10.2. The smallest absolute Gasteiger partial charge is 0.271 e. The number of likely N-dealkylation sites (tertiary alicyclic amines) is 1. The lowest BCUT2D eigenvalue weighted by molar-refractivity contribution is -0.127. The number of nitrogens with one attached hydrogen (secondary N) is 1. The number of anilines is 2. The summed E-state index contributed by atoms with van der Waals surface area (Å²) in [6.45, 7) is 2.73. The molecule has 214 valence electrons. The van der Waals surface area contributed by atoms with E-state index in [4.69, 9.17) is 20.4 Å². The number of carbonyl (C=O) groups excluding carboxylic acids is 3. The molecular weight excluding hydrogens is 512 g/mol. The van der Waals surface area contributed by atoms with Crippen molar-refractivity contribution < 1.29 is 19.1 Å². The number of nitrogens with two attached hydrogens (primary N) is 1. The van der Waals surface area contributed by atoms with E-state index < -0.39 is 5.91 Å². The second kappa shape index (κ2) is 13.2. The molecule has 3 aromatic rings. The Morgan fingerprint density at radius 3 is 2.60 bits per heavy atom. The van der Waals surface area contributed by atoms with Crippen LogP contribution in [0, 0.1) is 0 Å². The molecule has 12 heteroatoms. The second-order valence-corrected chi connectivity index (χ2v) is 10.1. The van der Waals surface area contributed by atoms with Crippen molar-refractivity contribution in [2.45, 2.75) is 25.8 Å². The first-order valence-electron chi connectivity index (χ1n) is 13.5. The van der Waals surface area contributed by atoms with Gasteiger partial charge in [-0.15, -0.1) is 0 Å². The van der Waals surface area contributed by atoms with E-state index in [2.05, 4.69) is 5.32 Å². The average molecular weight is 551 g/mol. The van der Waals surface area contributed by atoms with Crippen LogP contribution in [0.3, 0.4) is 0 Å². The third-order valence-electron chi connectivity index (χ3n) is 6.82. The number of carbonyl (C=O) groups is 3. The topological polar surface area (TPSA) is 139 Å². The lowest BCUT2D eigenvalue weighted by Gasteiger charge is -2.22. The van der Waals surface area contributed by atoms with Gasteiger partial charge in [-0.3, -0.25) is 14.4 Å². The minimum absolute atomic E-state index is 0.208. The highest BCUT2D eigenvalue weighted by Crippen LogP contribution is 2.29. The fourth-order valence-electron chi connectivity index (χ4n) is 4.85. The highest BCUT2D eigenvalue weighted by Gasteiger charge is 2.26. The van der Waals surface area contributed by atoms with E-state index in [-0.39, 0.29) is 31.5 Å². The molecule has 0 unspecified atom stereocenters. The van der Waals surface area contributed by atoms with Gasteiger partial charge in [-0.25, -0.2) is 0 Å². The molecule has 1 aliphatic heterocycles.